The molecule has 0 aromatic heterocycles. The summed E-state index contributed by atoms with van der Waals surface area (Å²) in [5, 5.41) is 3.00. The van der Waals surface area contributed by atoms with E-state index in [0.717, 1.165) is 22.4 Å². The first kappa shape index (κ1) is 24.4. The first-order valence-electron chi connectivity index (χ1n) is 11.5. The van der Waals surface area contributed by atoms with E-state index in [1.807, 2.05) is 66.7 Å². The van der Waals surface area contributed by atoms with Crippen molar-refractivity contribution in [1.29, 1.82) is 0 Å². The molecule has 8 heteroatoms. The topological polar surface area (TPSA) is 90.1 Å². The molecule has 2 unspecified atom stereocenters. The van der Waals surface area contributed by atoms with Gasteiger partial charge < -0.3 is 24.3 Å². The molecule has 0 saturated carbocycles. The van der Waals surface area contributed by atoms with Gasteiger partial charge in [-0.1, -0.05) is 42.5 Å². The van der Waals surface area contributed by atoms with Gasteiger partial charge in [0.25, 0.3) is 0 Å². The summed E-state index contributed by atoms with van der Waals surface area (Å²) in [7, 11) is 4.74. The minimum Gasteiger partial charge on any atom is -0.493 e. The number of hydrazine groups is 1. The lowest BCUT2D eigenvalue weighted by molar-refractivity contribution is -0.123. The van der Waals surface area contributed by atoms with E-state index in [-0.39, 0.29) is 18.0 Å². The zero-order chi connectivity index (χ0) is 24.6. The van der Waals surface area contributed by atoms with E-state index in [2.05, 4.69) is 16.2 Å². The van der Waals surface area contributed by atoms with Gasteiger partial charge in [-0.15, -0.1) is 0 Å². The third kappa shape index (κ3) is 6.03. The van der Waals surface area contributed by atoms with Crippen LogP contribution in [0.2, 0.25) is 0 Å². The number of carbonyl (C=O) groups excluding carboxylic acids is 1. The molecule has 1 heterocycles. The van der Waals surface area contributed by atoms with Crippen LogP contribution >= 0.6 is 0 Å². The van der Waals surface area contributed by atoms with Crippen molar-refractivity contribution in [3.8, 4) is 23.0 Å². The summed E-state index contributed by atoms with van der Waals surface area (Å²) in [4.78, 5) is 12.8. The van der Waals surface area contributed by atoms with Crippen LogP contribution < -0.4 is 35.1 Å². The van der Waals surface area contributed by atoms with Gasteiger partial charge in [-0.2, -0.15) is 0 Å². The van der Waals surface area contributed by atoms with Crippen LogP contribution in [0.1, 0.15) is 29.2 Å². The molecule has 1 saturated heterocycles. The van der Waals surface area contributed by atoms with Crippen molar-refractivity contribution in [2.75, 3.05) is 21.3 Å². The number of hydrogen-bond acceptors (Lipinski definition) is 7. The Morgan fingerprint density at radius 2 is 1.57 bits per heavy atom. The van der Waals surface area contributed by atoms with Crippen LogP contribution in [-0.4, -0.2) is 33.3 Å². The summed E-state index contributed by atoms with van der Waals surface area (Å²) in [6.07, 6.45) is 0.580. The molecule has 3 N–H and O–H groups in total. The molecule has 1 amide bonds. The summed E-state index contributed by atoms with van der Waals surface area (Å²) in [5.74, 6) is 2.41. The molecule has 2 atom stereocenters. The normalized spacial score (nSPS) is 17.0. The molecular formula is C27H31N3O5. The highest BCUT2D eigenvalue weighted by Crippen LogP contribution is 2.40. The Morgan fingerprint density at radius 1 is 0.886 bits per heavy atom. The van der Waals surface area contributed by atoms with Crippen LogP contribution in [0.5, 0.6) is 23.0 Å². The lowest BCUT2D eigenvalue weighted by Crippen LogP contribution is -2.42. The van der Waals surface area contributed by atoms with E-state index < -0.39 is 0 Å². The van der Waals surface area contributed by atoms with Crippen LogP contribution in [0, 0.1) is 0 Å². The maximum atomic E-state index is 12.8. The highest BCUT2D eigenvalue weighted by Gasteiger charge is 2.31. The van der Waals surface area contributed by atoms with E-state index >= 15 is 0 Å². The van der Waals surface area contributed by atoms with Crippen LogP contribution in [0.15, 0.2) is 66.7 Å². The Kier molecular flexibility index (Phi) is 8.07. The summed E-state index contributed by atoms with van der Waals surface area (Å²) in [5.41, 5.74) is 9.34. The summed E-state index contributed by atoms with van der Waals surface area (Å²) in [6, 6.07) is 21.1. The van der Waals surface area contributed by atoms with E-state index in [1.54, 1.807) is 21.3 Å². The maximum Gasteiger partial charge on any atom is 0.238 e. The second kappa shape index (κ2) is 11.6. The fourth-order valence-corrected chi connectivity index (χ4v) is 4.01. The number of rotatable bonds is 10. The molecule has 3 aromatic rings. The van der Waals surface area contributed by atoms with Crippen molar-refractivity contribution >= 4 is 5.91 Å². The van der Waals surface area contributed by atoms with Crippen LogP contribution in [0.25, 0.3) is 0 Å². The predicted octanol–water partition coefficient (Wildman–Crippen LogP) is 3.52. The standard InChI is InChI=1S/C27H31N3O5/c1-32-24-13-20(14-25(33-2)26(24)34-3)22-15-23(30-29-22)27(31)28-16-18-9-11-21(12-10-18)35-17-19-7-5-4-6-8-19/h4-14,22-23,29-30H,15-17H2,1-3H3,(H,28,31). The molecular weight excluding hydrogens is 446 g/mol. The Morgan fingerprint density at radius 3 is 2.20 bits per heavy atom. The van der Waals surface area contributed by atoms with E-state index in [4.69, 9.17) is 18.9 Å². The maximum absolute atomic E-state index is 12.8. The molecule has 0 bridgehead atoms. The van der Waals surface area contributed by atoms with Crippen molar-refractivity contribution in [2.45, 2.75) is 31.7 Å². The molecule has 0 spiro atoms. The fraction of sp³-hybridized carbons (Fsp3) is 0.296. The number of hydrogen-bond donors (Lipinski definition) is 3. The van der Waals surface area contributed by atoms with Crippen molar-refractivity contribution < 1.29 is 23.7 Å². The number of amides is 1. The molecule has 184 valence electrons. The molecule has 1 fully saturated rings. The van der Waals surface area contributed by atoms with Gasteiger partial charge in [0.05, 0.1) is 21.3 Å². The molecule has 1 aliphatic rings. The number of nitrogens with one attached hydrogen (secondary N) is 3. The van der Waals surface area contributed by atoms with Crippen molar-refractivity contribution in [2.24, 2.45) is 0 Å². The van der Waals surface area contributed by atoms with Crippen LogP contribution in [-0.2, 0) is 17.9 Å². The van der Waals surface area contributed by atoms with Crippen molar-refractivity contribution in [3.05, 3.63) is 83.4 Å². The fourth-order valence-electron chi connectivity index (χ4n) is 4.01. The van der Waals surface area contributed by atoms with Gasteiger partial charge in [-0.05, 0) is 47.4 Å². The molecule has 3 aromatic carbocycles. The average molecular weight is 478 g/mol. The zero-order valence-electron chi connectivity index (χ0n) is 20.2. The van der Waals surface area contributed by atoms with Gasteiger partial charge >= 0.3 is 0 Å². The van der Waals surface area contributed by atoms with Gasteiger partial charge in [-0.25, -0.2) is 10.9 Å². The van der Waals surface area contributed by atoms with Gasteiger partial charge in [0, 0.05) is 12.6 Å². The van der Waals surface area contributed by atoms with E-state index in [9.17, 15) is 4.79 Å². The summed E-state index contributed by atoms with van der Waals surface area (Å²) >= 11 is 0. The minimum absolute atomic E-state index is 0.0724. The molecule has 0 aliphatic carbocycles. The molecule has 4 rings (SSSR count). The van der Waals surface area contributed by atoms with Crippen molar-refractivity contribution in [3.63, 3.8) is 0 Å². The van der Waals surface area contributed by atoms with Gasteiger partial charge in [0.15, 0.2) is 11.5 Å². The first-order chi connectivity index (χ1) is 17.1. The predicted molar refractivity (Wildman–Crippen MR) is 133 cm³/mol. The number of benzene rings is 3. The zero-order valence-corrected chi connectivity index (χ0v) is 20.2. The summed E-state index contributed by atoms with van der Waals surface area (Å²) < 4.78 is 22.1. The Labute approximate surface area is 205 Å². The third-order valence-electron chi connectivity index (χ3n) is 5.95. The largest absolute Gasteiger partial charge is 0.493 e. The second-order valence-electron chi connectivity index (χ2n) is 8.22. The second-order valence-corrected chi connectivity index (χ2v) is 8.22. The Bertz CT molecular complexity index is 1100. The highest BCUT2D eigenvalue weighted by molar-refractivity contribution is 5.82. The SMILES string of the molecule is COc1cc(C2CC(C(=O)NCc3ccc(OCc4ccccc4)cc3)NN2)cc(OC)c1OC. The Hall–Kier alpha value is -3.75. The van der Waals surface area contributed by atoms with Crippen LogP contribution in [0.3, 0.4) is 0 Å². The molecule has 35 heavy (non-hydrogen) atoms. The number of ether oxygens (including phenoxy) is 4. The van der Waals surface area contributed by atoms with Gasteiger partial charge in [0.1, 0.15) is 18.4 Å². The third-order valence-corrected chi connectivity index (χ3v) is 5.95. The minimum atomic E-state index is -0.368. The van der Waals surface area contributed by atoms with E-state index in [1.165, 1.54) is 0 Å². The molecule has 0 radical (unpaired) electrons. The summed E-state index contributed by atoms with van der Waals surface area (Å²) in [6.45, 7) is 0.954. The van der Waals surface area contributed by atoms with Gasteiger partial charge in [-0.3, -0.25) is 4.79 Å². The Balaban J connectivity index is 1.29. The molecule has 1 aliphatic heterocycles. The average Bonchev–Trinajstić information content (AvgIpc) is 3.41. The number of methoxy groups -OCH3 is 3. The van der Waals surface area contributed by atoms with Gasteiger partial charge in [0.2, 0.25) is 11.7 Å². The highest BCUT2D eigenvalue weighted by atomic mass is 16.5. The monoisotopic (exact) mass is 477 g/mol. The quantitative estimate of drug-likeness (QED) is 0.412. The lowest BCUT2D eigenvalue weighted by Gasteiger charge is -2.17. The number of carbonyl (C=O) groups is 1. The van der Waals surface area contributed by atoms with Crippen LogP contribution in [0.4, 0.5) is 0 Å². The lowest BCUT2D eigenvalue weighted by atomic mass is 10.0. The van der Waals surface area contributed by atoms with Crippen molar-refractivity contribution in [1.82, 2.24) is 16.2 Å². The first-order valence-corrected chi connectivity index (χ1v) is 11.5. The molecule has 8 nitrogen and oxygen atoms in total. The smallest absolute Gasteiger partial charge is 0.238 e. The van der Waals surface area contributed by atoms with E-state index in [0.29, 0.717) is 36.8 Å².